The normalized spacial score (nSPS) is 21.6. The molecule has 0 aromatic heterocycles. The van der Waals surface area contributed by atoms with Crippen LogP contribution >= 0.6 is 0 Å². The van der Waals surface area contributed by atoms with Crippen molar-refractivity contribution in [2.45, 2.75) is 262 Å². The van der Waals surface area contributed by atoms with E-state index in [4.69, 9.17) is 9.47 Å². The van der Waals surface area contributed by atoms with Crippen LogP contribution in [0.4, 0.5) is 0 Å². The van der Waals surface area contributed by atoms with Gasteiger partial charge in [0, 0.05) is 0 Å². The van der Waals surface area contributed by atoms with E-state index in [1.807, 2.05) is 6.08 Å². The number of allylic oxidation sites excluding steroid dienone is 3. The molecule has 0 bridgehead atoms. The zero-order valence-electron chi connectivity index (χ0n) is 37.2. The fourth-order valence-corrected chi connectivity index (χ4v) is 7.65. The minimum absolute atomic E-state index is 0.308. The Labute approximate surface area is 354 Å². The quantitative estimate of drug-likeness (QED) is 0.0235. The summed E-state index contributed by atoms with van der Waals surface area (Å²) in [5.41, 5.74) is 0. The summed E-state index contributed by atoms with van der Waals surface area (Å²) in [5.74, 6) is -0.624. The van der Waals surface area contributed by atoms with Crippen molar-refractivity contribution in [3.05, 3.63) is 24.3 Å². The van der Waals surface area contributed by atoms with Crippen molar-refractivity contribution in [2.24, 2.45) is 0 Å². The van der Waals surface area contributed by atoms with Crippen molar-refractivity contribution in [1.82, 2.24) is 5.32 Å². The van der Waals surface area contributed by atoms with Gasteiger partial charge in [0.15, 0.2) is 6.29 Å². The Bertz CT molecular complexity index is 979. The third-order valence-corrected chi connectivity index (χ3v) is 11.6. The molecule has 10 heteroatoms. The number of nitrogens with one attached hydrogen (secondary N) is 1. The van der Waals surface area contributed by atoms with Gasteiger partial charge in [-0.2, -0.15) is 0 Å². The summed E-state index contributed by atoms with van der Waals surface area (Å²) in [4.78, 5) is 13.0. The molecule has 0 spiro atoms. The molecular formula is C48H91NO9. The number of amides is 1. The summed E-state index contributed by atoms with van der Waals surface area (Å²) in [6, 6.07) is -0.992. The minimum Gasteiger partial charge on any atom is -0.394 e. The minimum atomic E-state index is -1.61. The molecule has 0 aliphatic carbocycles. The molecule has 342 valence electrons. The van der Waals surface area contributed by atoms with Crippen molar-refractivity contribution in [1.29, 1.82) is 0 Å². The lowest BCUT2D eigenvalue weighted by molar-refractivity contribution is -0.302. The predicted octanol–water partition coefficient (Wildman–Crippen LogP) is 9.25. The molecular weight excluding hydrogens is 735 g/mol. The topological polar surface area (TPSA) is 169 Å². The van der Waals surface area contributed by atoms with Crippen LogP contribution in [-0.2, 0) is 14.3 Å². The van der Waals surface area contributed by atoms with E-state index in [0.29, 0.717) is 19.3 Å². The molecule has 1 aliphatic rings. The Morgan fingerprint density at radius 1 is 0.586 bits per heavy atom. The van der Waals surface area contributed by atoms with Gasteiger partial charge in [-0.25, -0.2) is 0 Å². The Hall–Kier alpha value is -1.37. The molecule has 1 rings (SSSR count). The molecule has 8 unspecified atom stereocenters. The maximum atomic E-state index is 13.0. The van der Waals surface area contributed by atoms with E-state index in [2.05, 4.69) is 31.3 Å². The number of hydrogen-bond acceptors (Lipinski definition) is 9. The van der Waals surface area contributed by atoms with Crippen LogP contribution in [0.5, 0.6) is 0 Å². The molecule has 58 heavy (non-hydrogen) atoms. The van der Waals surface area contributed by atoms with Crippen molar-refractivity contribution >= 4 is 5.91 Å². The fourth-order valence-electron chi connectivity index (χ4n) is 7.65. The van der Waals surface area contributed by atoms with Gasteiger partial charge < -0.3 is 45.4 Å². The molecule has 1 saturated heterocycles. The van der Waals surface area contributed by atoms with Gasteiger partial charge in [-0.05, 0) is 32.1 Å². The Kier molecular flexibility index (Phi) is 36.3. The first kappa shape index (κ1) is 54.6. The molecule has 1 heterocycles. The predicted molar refractivity (Wildman–Crippen MR) is 236 cm³/mol. The summed E-state index contributed by atoms with van der Waals surface area (Å²) in [7, 11) is 0. The first-order chi connectivity index (χ1) is 28.3. The van der Waals surface area contributed by atoms with Gasteiger partial charge in [0.1, 0.15) is 30.5 Å². The van der Waals surface area contributed by atoms with Crippen LogP contribution in [0.15, 0.2) is 24.3 Å². The maximum Gasteiger partial charge on any atom is 0.249 e. The van der Waals surface area contributed by atoms with Gasteiger partial charge in [-0.3, -0.25) is 4.79 Å². The molecule has 0 radical (unpaired) electrons. The second-order valence-electron chi connectivity index (χ2n) is 17.0. The van der Waals surface area contributed by atoms with Crippen LogP contribution in [0.1, 0.15) is 213 Å². The molecule has 0 saturated carbocycles. The van der Waals surface area contributed by atoms with Crippen molar-refractivity contribution in [3.8, 4) is 0 Å². The third-order valence-electron chi connectivity index (χ3n) is 11.6. The largest absolute Gasteiger partial charge is 0.394 e. The number of rotatable bonds is 40. The zero-order chi connectivity index (χ0) is 42.5. The summed E-state index contributed by atoms with van der Waals surface area (Å²) in [6.45, 7) is 3.59. The lowest BCUT2D eigenvalue weighted by Crippen LogP contribution is -2.60. The Morgan fingerprint density at radius 3 is 1.50 bits per heavy atom. The number of hydrogen-bond donors (Lipinski definition) is 7. The van der Waals surface area contributed by atoms with Crippen molar-refractivity contribution < 1.29 is 44.9 Å². The van der Waals surface area contributed by atoms with E-state index in [9.17, 15) is 35.4 Å². The fraction of sp³-hybridized carbons (Fsp3) is 0.896. The van der Waals surface area contributed by atoms with Crippen LogP contribution < -0.4 is 5.32 Å². The standard InChI is InChI=1S/C48H91NO9/c1-3-5-7-9-11-13-15-17-18-19-20-21-22-23-25-27-29-31-33-35-37-42(52)47(56)49-40(39-57-48-46(55)45(54)44(53)43(38-50)58-48)41(51)36-34-32-30-28-26-24-16-14-12-10-8-6-4-2/h26,28,34,36,40-46,48,50-55H,3-25,27,29-33,35,37-39H2,1-2H3,(H,49,56). The lowest BCUT2D eigenvalue weighted by atomic mass is 9.99. The van der Waals surface area contributed by atoms with Crippen LogP contribution in [0.25, 0.3) is 0 Å². The second kappa shape index (κ2) is 38.5. The molecule has 1 fully saturated rings. The molecule has 1 amide bonds. The average molecular weight is 826 g/mol. The molecule has 1 aliphatic heterocycles. The van der Waals surface area contributed by atoms with E-state index in [-0.39, 0.29) is 6.61 Å². The number of ether oxygens (including phenoxy) is 2. The summed E-state index contributed by atoms with van der Waals surface area (Å²) in [5, 5.41) is 64.6. The van der Waals surface area contributed by atoms with Crippen LogP contribution in [-0.4, -0.2) is 98.7 Å². The van der Waals surface area contributed by atoms with E-state index < -0.39 is 61.5 Å². The van der Waals surface area contributed by atoms with Gasteiger partial charge in [-0.15, -0.1) is 0 Å². The van der Waals surface area contributed by atoms with Gasteiger partial charge in [0.2, 0.25) is 5.91 Å². The molecule has 10 nitrogen and oxygen atoms in total. The number of aliphatic hydroxyl groups is 6. The van der Waals surface area contributed by atoms with Crippen LogP contribution in [0.3, 0.4) is 0 Å². The van der Waals surface area contributed by atoms with Crippen LogP contribution in [0, 0.1) is 0 Å². The van der Waals surface area contributed by atoms with E-state index in [1.165, 1.54) is 148 Å². The van der Waals surface area contributed by atoms with Crippen molar-refractivity contribution in [3.63, 3.8) is 0 Å². The summed E-state index contributed by atoms with van der Waals surface area (Å²) in [6.07, 6.45) is 35.6. The SMILES string of the molecule is CCCCCCCCCC=CCCC=CC(O)C(COC1OC(CO)C(O)C(O)C1O)NC(=O)C(O)CCCCCCCCCCCCCCCCCCCCCC. The smallest absolute Gasteiger partial charge is 0.249 e. The van der Waals surface area contributed by atoms with Gasteiger partial charge in [0.05, 0.1) is 25.4 Å². The number of carbonyl (C=O) groups excluding carboxylic acids is 1. The maximum absolute atomic E-state index is 13.0. The highest BCUT2D eigenvalue weighted by atomic mass is 16.7. The van der Waals surface area contributed by atoms with Gasteiger partial charge in [-0.1, -0.05) is 205 Å². The molecule has 8 atom stereocenters. The van der Waals surface area contributed by atoms with Gasteiger partial charge >= 0.3 is 0 Å². The van der Waals surface area contributed by atoms with E-state index in [1.54, 1.807) is 6.08 Å². The first-order valence-electron chi connectivity index (χ1n) is 24.2. The lowest BCUT2D eigenvalue weighted by Gasteiger charge is -2.40. The van der Waals surface area contributed by atoms with Gasteiger partial charge in [0.25, 0.3) is 0 Å². The summed E-state index contributed by atoms with van der Waals surface area (Å²) >= 11 is 0. The summed E-state index contributed by atoms with van der Waals surface area (Å²) < 4.78 is 11.1. The third kappa shape index (κ3) is 28.2. The van der Waals surface area contributed by atoms with E-state index >= 15 is 0 Å². The van der Waals surface area contributed by atoms with E-state index in [0.717, 1.165) is 32.1 Å². The molecule has 7 N–H and O–H groups in total. The monoisotopic (exact) mass is 826 g/mol. The number of unbranched alkanes of at least 4 members (excludes halogenated alkanes) is 27. The van der Waals surface area contributed by atoms with Crippen molar-refractivity contribution in [2.75, 3.05) is 13.2 Å². The molecule has 0 aromatic rings. The van der Waals surface area contributed by atoms with Crippen LogP contribution in [0.2, 0.25) is 0 Å². The number of carbonyl (C=O) groups is 1. The Morgan fingerprint density at radius 2 is 1.02 bits per heavy atom. The number of aliphatic hydroxyl groups excluding tert-OH is 6. The molecule has 0 aromatic carbocycles. The Balaban J connectivity index is 2.36. The average Bonchev–Trinajstić information content (AvgIpc) is 3.22. The second-order valence-corrected chi connectivity index (χ2v) is 17.0. The highest BCUT2D eigenvalue weighted by molar-refractivity contribution is 5.80. The first-order valence-corrected chi connectivity index (χ1v) is 24.2. The zero-order valence-corrected chi connectivity index (χ0v) is 37.2. The highest BCUT2D eigenvalue weighted by Gasteiger charge is 2.44. The highest BCUT2D eigenvalue weighted by Crippen LogP contribution is 2.23.